The van der Waals surface area contributed by atoms with Crippen molar-refractivity contribution in [2.45, 2.75) is 145 Å². The van der Waals surface area contributed by atoms with E-state index in [1.165, 1.54) is 11.1 Å². The van der Waals surface area contributed by atoms with Crippen LogP contribution in [0.3, 0.4) is 0 Å². The van der Waals surface area contributed by atoms with Gasteiger partial charge in [0, 0.05) is 55.6 Å². The van der Waals surface area contributed by atoms with Crippen molar-refractivity contribution in [3.8, 4) is 0 Å². The van der Waals surface area contributed by atoms with Gasteiger partial charge in [-0.25, -0.2) is 0 Å². The number of carbonyl (C=O) groups excluding carboxylic acids is 2. The van der Waals surface area contributed by atoms with Gasteiger partial charge in [-0.3, -0.25) is 19.3 Å². The molecule has 5 aliphatic carbocycles. The van der Waals surface area contributed by atoms with Crippen LogP contribution in [0.15, 0.2) is 35.4 Å². The van der Waals surface area contributed by atoms with Gasteiger partial charge < -0.3 is 19.5 Å². The van der Waals surface area contributed by atoms with Crippen LogP contribution in [0.1, 0.15) is 132 Å². The molecule has 0 spiro atoms. The van der Waals surface area contributed by atoms with Crippen LogP contribution in [0.2, 0.25) is 5.02 Å². The Kier molecular flexibility index (Phi) is 12.7. The van der Waals surface area contributed by atoms with Crippen molar-refractivity contribution in [3.05, 3.63) is 46.0 Å². The number of halogens is 1. The van der Waals surface area contributed by atoms with E-state index in [1.807, 2.05) is 19.2 Å². The standard InChI is InChI=1S/C49H75ClN2O6/c1-31(2)41-35(53)27-49(39(57-12)30-52(26-25-51(10)11)29-32-13-15-33(50)16-14-32)24-23-47(8)34(42(41)49)17-18-37-46(7)21-20-38(58-40(54)28-44(3,4)43(55)56)45(5,6)36(46)19-22-48(37,47)9/h13-16,31,34,36-39H,17-30H2,1-12H3,(H,55,56)/t34-,36+,37-,38+,39?,46+,47-,48-,49?/m1/s1. The molecule has 0 aliphatic heterocycles. The first kappa shape index (κ1) is 45.3. The summed E-state index contributed by atoms with van der Waals surface area (Å²) in [6, 6.07) is 8.18. The molecule has 4 saturated carbocycles. The molecule has 8 nitrogen and oxygen atoms in total. The number of benzene rings is 1. The average Bonchev–Trinajstić information content (AvgIpc) is 3.44. The molecule has 9 atom stereocenters. The first-order valence-electron chi connectivity index (χ1n) is 22.3. The largest absolute Gasteiger partial charge is 0.481 e. The van der Waals surface area contributed by atoms with Gasteiger partial charge in [-0.2, -0.15) is 0 Å². The van der Waals surface area contributed by atoms with E-state index in [2.05, 4.69) is 84.5 Å². The molecule has 1 N–H and O–H groups in total. The topological polar surface area (TPSA) is 96.4 Å². The van der Waals surface area contributed by atoms with E-state index < -0.39 is 17.4 Å². The zero-order valence-corrected chi connectivity index (χ0v) is 38.7. The Hall–Kier alpha value is -2.26. The third-order valence-electron chi connectivity index (χ3n) is 17.4. The number of ketones is 1. The van der Waals surface area contributed by atoms with Crippen molar-refractivity contribution in [3.63, 3.8) is 0 Å². The minimum atomic E-state index is -1.16. The Morgan fingerprint density at radius 3 is 2.19 bits per heavy atom. The van der Waals surface area contributed by atoms with Gasteiger partial charge in [-0.1, -0.05) is 77.8 Å². The number of rotatable bonds is 14. The summed E-state index contributed by atoms with van der Waals surface area (Å²) in [6.45, 7) is 23.4. The Morgan fingerprint density at radius 2 is 1.59 bits per heavy atom. The molecule has 2 unspecified atom stereocenters. The van der Waals surface area contributed by atoms with Gasteiger partial charge in [-0.15, -0.1) is 0 Å². The molecular weight excluding hydrogens is 748 g/mol. The van der Waals surface area contributed by atoms with Gasteiger partial charge in [-0.05, 0) is 142 Å². The van der Waals surface area contributed by atoms with Crippen molar-refractivity contribution in [1.29, 1.82) is 0 Å². The molecule has 4 fully saturated rings. The molecule has 0 bridgehead atoms. The first-order chi connectivity index (χ1) is 27.0. The second kappa shape index (κ2) is 16.2. The summed E-state index contributed by atoms with van der Waals surface area (Å²) in [7, 11) is 6.12. The fraction of sp³-hybridized carbons (Fsp3) is 0.776. The lowest BCUT2D eigenvalue weighted by Gasteiger charge is -2.72. The number of carboxylic acid groups (broad SMARTS) is 1. The minimum absolute atomic E-state index is 0.0234. The van der Waals surface area contributed by atoms with Gasteiger partial charge >= 0.3 is 11.9 Å². The Bertz CT molecular complexity index is 1750. The monoisotopic (exact) mass is 823 g/mol. The van der Waals surface area contributed by atoms with Crippen LogP contribution < -0.4 is 0 Å². The predicted molar refractivity (Wildman–Crippen MR) is 231 cm³/mol. The zero-order valence-electron chi connectivity index (χ0n) is 37.9. The number of hydrogen-bond donors (Lipinski definition) is 1. The number of carboxylic acids is 1. The molecule has 58 heavy (non-hydrogen) atoms. The van der Waals surface area contributed by atoms with Crippen LogP contribution in [0.5, 0.6) is 0 Å². The number of nitrogens with zero attached hydrogens (tertiary/aromatic N) is 2. The number of esters is 1. The van der Waals surface area contributed by atoms with E-state index in [0.717, 1.165) is 88.1 Å². The Balaban J connectivity index is 1.30. The number of fused-ring (bicyclic) bond motifs is 7. The third-order valence-corrected chi connectivity index (χ3v) is 17.6. The van der Waals surface area contributed by atoms with E-state index in [-0.39, 0.29) is 51.6 Å². The molecule has 6 rings (SSSR count). The summed E-state index contributed by atoms with van der Waals surface area (Å²) in [5.74, 6) is 0.300. The summed E-state index contributed by atoms with van der Waals surface area (Å²) in [5, 5.41) is 10.4. The van der Waals surface area contributed by atoms with Gasteiger partial charge in [0.1, 0.15) is 6.10 Å². The maximum absolute atomic E-state index is 14.5. The molecule has 5 aliphatic rings. The van der Waals surface area contributed by atoms with Crippen molar-refractivity contribution >= 4 is 29.3 Å². The highest BCUT2D eigenvalue weighted by molar-refractivity contribution is 6.30. The quantitative estimate of drug-likeness (QED) is 0.185. The fourth-order valence-electron chi connectivity index (χ4n) is 14.0. The molecule has 0 heterocycles. The maximum atomic E-state index is 14.5. The fourth-order valence-corrected chi connectivity index (χ4v) is 14.2. The molecular formula is C49H75ClN2O6. The first-order valence-corrected chi connectivity index (χ1v) is 22.7. The van der Waals surface area contributed by atoms with E-state index >= 15 is 0 Å². The molecule has 0 radical (unpaired) electrons. The number of ether oxygens (including phenoxy) is 2. The number of likely N-dealkylation sites (N-methyl/N-ethyl adjacent to an activating group) is 1. The van der Waals surface area contributed by atoms with E-state index in [0.29, 0.717) is 30.0 Å². The number of aliphatic carboxylic acids is 1. The molecule has 0 saturated heterocycles. The van der Waals surface area contributed by atoms with Gasteiger partial charge in [0.15, 0.2) is 5.78 Å². The second-order valence-electron chi connectivity index (χ2n) is 21.9. The van der Waals surface area contributed by atoms with Crippen molar-refractivity contribution in [2.75, 3.05) is 40.8 Å². The molecule has 324 valence electrons. The lowest BCUT2D eigenvalue weighted by atomic mass is 9.33. The van der Waals surface area contributed by atoms with Crippen molar-refractivity contribution < 1.29 is 29.0 Å². The Morgan fingerprint density at radius 1 is 0.914 bits per heavy atom. The van der Waals surface area contributed by atoms with Crippen LogP contribution in [0.4, 0.5) is 0 Å². The molecule has 0 aromatic heterocycles. The lowest BCUT2D eigenvalue weighted by Crippen LogP contribution is -2.66. The highest BCUT2D eigenvalue weighted by Gasteiger charge is 2.71. The van der Waals surface area contributed by atoms with Gasteiger partial charge in [0.05, 0.1) is 17.9 Å². The highest BCUT2D eigenvalue weighted by Crippen LogP contribution is 2.77. The highest BCUT2D eigenvalue weighted by atomic mass is 35.5. The second-order valence-corrected chi connectivity index (χ2v) is 22.4. The number of methoxy groups -OCH3 is 1. The van der Waals surface area contributed by atoms with Crippen LogP contribution in [0, 0.1) is 56.2 Å². The van der Waals surface area contributed by atoms with E-state index in [4.69, 9.17) is 21.1 Å². The number of Topliss-reactive ketones (excluding diaryl/α,β-unsaturated/α-hetero) is 1. The molecule has 9 heteroatoms. The predicted octanol–water partition coefficient (Wildman–Crippen LogP) is 10.1. The summed E-state index contributed by atoms with van der Waals surface area (Å²) in [5.41, 5.74) is 2.21. The SMILES string of the molecule is COC(CN(CCN(C)C)Cc1ccc(Cl)cc1)C12CC[C@]3(C)[C@H](CC[C@@H]4[C@@]5(C)CC[C@H](OC(=O)CC(C)(C)C(=O)O)C(C)(C)[C@@H]5CC[C@]43C)C1=C(C(C)C)C(=O)C2. The van der Waals surface area contributed by atoms with Crippen LogP contribution >= 0.6 is 11.6 Å². The number of allylic oxidation sites excluding steroid dienone is 1. The lowest BCUT2D eigenvalue weighted by molar-refractivity contribution is -0.235. The summed E-state index contributed by atoms with van der Waals surface area (Å²) in [6.07, 6.45) is 8.27. The summed E-state index contributed by atoms with van der Waals surface area (Å²) in [4.78, 5) is 44.3. The zero-order chi connectivity index (χ0) is 42.8. The van der Waals surface area contributed by atoms with Gasteiger partial charge in [0.25, 0.3) is 0 Å². The maximum Gasteiger partial charge on any atom is 0.309 e. The normalized spacial score (nSPS) is 35.1. The molecule has 1 aromatic carbocycles. The van der Waals surface area contributed by atoms with Crippen molar-refractivity contribution in [2.24, 2.45) is 56.2 Å². The van der Waals surface area contributed by atoms with Gasteiger partial charge in [0.2, 0.25) is 0 Å². The third kappa shape index (κ3) is 7.65. The van der Waals surface area contributed by atoms with Crippen molar-refractivity contribution in [1.82, 2.24) is 9.80 Å². The van der Waals surface area contributed by atoms with E-state index in [9.17, 15) is 19.5 Å². The van der Waals surface area contributed by atoms with E-state index in [1.54, 1.807) is 13.8 Å². The molecule has 0 amide bonds. The van der Waals surface area contributed by atoms with Crippen LogP contribution in [-0.4, -0.2) is 85.7 Å². The van der Waals surface area contributed by atoms with Crippen LogP contribution in [0.25, 0.3) is 0 Å². The Labute approximate surface area is 355 Å². The molecule has 1 aromatic rings. The summed E-state index contributed by atoms with van der Waals surface area (Å²) < 4.78 is 12.9. The summed E-state index contributed by atoms with van der Waals surface area (Å²) >= 11 is 6.28. The smallest absolute Gasteiger partial charge is 0.309 e. The minimum Gasteiger partial charge on any atom is -0.481 e. The number of hydrogen-bond acceptors (Lipinski definition) is 7. The average molecular weight is 824 g/mol. The number of carbonyl (C=O) groups is 3. The van der Waals surface area contributed by atoms with Crippen LogP contribution in [-0.2, 0) is 30.4 Å².